The SMILES string of the molecule is CCN(CCO)c1ccc(N=NC2Sc3cc(OC)ccc3N2C)cc1. The predicted molar refractivity (Wildman–Crippen MR) is 107 cm³/mol. The highest BCUT2D eigenvalue weighted by Crippen LogP contribution is 2.44. The summed E-state index contributed by atoms with van der Waals surface area (Å²) < 4.78 is 5.29. The van der Waals surface area contributed by atoms with E-state index in [1.54, 1.807) is 18.9 Å². The highest BCUT2D eigenvalue weighted by molar-refractivity contribution is 8.00. The third-order valence-electron chi connectivity index (χ3n) is 4.35. The van der Waals surface area contributed by atoms with Gasteiger partial charge in [-0.1, -0.05) is 11.8 Å². The highest BCUT2D eigenvalue weighted by Gasteiger charge is 2.27. The van der Waals surface area contributed by atoms with E-state index in [-0.39, 0.29) is 12.1 Å². The Bertz CT molecular complexity index is 767. The summed E-state index contributed by atoms with van der Waals surface area (Å²) in [5.41, 5.74) is 2.94. The van der Waals surface area contributed by atoms with Crippen LogP contribution in [0.1, 0.15) is 6.92 Å². The maximum absolute atomic E-state index is 9.13. The van der Waals surface area contributed by atoms with Gasteiger partial charge in [-0.2, -0.15) is 10.2 Å². The maximum Gasteiger partial charge on any atom is 0.194 e. The van der Waals surface area contributed by atoms with Crippen molar-refractivity contribution in [1.82, 2.24) is 0 Å². The van der Waals surface area contributed by atoms with E-state index in [0.29, 0.717) is 6.54 Å². The van der Waals surface area contributed by atoms with E-state index in [9.17, 15) is 0 Å². The number of azo groups is 1. The summed E-state index contributed by atoms with van der Waals surface area (Å²) in [6.07, 6.45) is 0. The van der Waals surface area contributed by atoms with Crippen LogP contribution in [0.3, 0.4) is 0 Å². The topological polar surface area (TPSA) is 60.7 Å². The van der Waals surface area contributed by atoms with Crippen molar-refractivity contribution in [1.29, 1.82) is 0 Å². The molecule has 0 spiro atoms. The van der Waals surface area contributed by atoms with Crippen molar-refractivity contribution in [3.05, 3.63) is 42.5 Å². The van der Waals surface area contributed by atoms with Gasteiger partial charge in [-0.3, -0.25) is 0 Å². The van der Waals surface area contributed by atoms with Crippen molar-refractivity contribution in [3.8, 4) is 5.75 Å². The second kappa shape index (κ2) is 8.42. The fraction of sp³-hybridized carbons (Fsp3) is 0.368. The first-order chi connectivity index (χ1) is 12.7. The molecule has 26 heavy (non-hydrogen) atoms. The number of hydrogen-bond donors (Lipinski definition) is 1. The van der Waals surface area contributed by atoms with E-state index in [0.717, 1.165) is 34.3 Å². The Morgan fingerprint density at radius 2 is 2.00 bits per heavy atom. The molecule has 1 atom stereocenters. The minimum absolute atomic E-state index is 0.0849. The molecule has 0 amide bonds. The number of thioether (sulfide) groups is 1. The molecule has 0 saturated carbocycles. The highest BCUT2D eigenvalue weighted by atomic mass is 32.2. The number of fused-ring (bicyclic) bond motifs is 1. The first-order valence-corrected chi connectivity index (χ1v) is 9.48. The second-order valence-corrected chi connectivity index (χ2v) is 7.02. The molecule has 1 unspecified atom stereocenters. The minimum Gasteiger partial charge on any atom is -0.497 e. The normalized spacial score (nSPS) is 16.2. The molecule has 1 aliphatic rings. The molecule has 0 fully saturated rings. The van der Waals surface area contributed by atoms with Gasteiger partial charge in [0.15, 0.2) is 5.50 Å². The third-order valence-corrected chi connectivity index (χ3v) is 5.55. The van der Waals surface area contributed by atoms with E-state index in [1.807, 2.05) is 49.5 Å². The van der Waals surface area contributed by atoms with Gasteiger partial charge in [-0.25, -0.2) is 0 Å². The van der Waals surface area contributed by atoms with Gasteiger partial charge < -0.3 is 19.6 Å². The second-order valence-electron chi connectivity index (χ2n) is 5.92. The fourth-order valence-electron chi connectivity index (χ4n) is 2.86. The minimum atomic E-state index is -0.0849. The molecule has 0 saturated heterocycles. The number of aliphatic hydroxyl groups is 1. The number of ether oxygens (including phenoxy) is 1. The number of likely N-dealkylation sites (N-methyl/N-ethyl adjacent to an activating group) is 1. The quantitative estimate of drug-likeness (QED) is 0.741. The number of benzene rings is 2. The number of aliphatic hydroxyl groups excluding tert-OH is 1. The van der Waals surface area contributed by atoms with Crippen molar-refractivity contribution < 1.29 is 9.84 Å². The Hall–Kier alpha value is -2.25. The zero-order valence-corrected chi connectivity index (χ0v) is 16.1. The van der Waals surface area contributed by atoms with Crippen molar-refractivity contribution >= 4 is 28.8 Å². The van der Waals surface area contributed by atoms with Crippen LogP contribution in [0.25, 0.3) is 0 Å². The summed E-state index contributed by atoms with van der Waals surface area (Å²) in [7, 11) is 3.69. The van der Waals surface area contributed by atoms with E-state index in [4.69, 9.17) is 9.84 Å². The van der Waals surface area contributed by atoms with E-state index >= 15 is 0 Å². The number of anilines is 2. The van der Waals surface area contributed by atoms with Crippen molar-refractivity contribution in [3.63, 3.8) is 0 Å². The molecule has 0 radical (unpaired) electrons. The summed E-state index contributed by atoms with van der Waals surface area (Å²) in [5, 5.41) is 18.0. The molecular formula is C19H24N4O2S. The van der Waals surface area contributed by atoms with Gasteiger partial charge in [0.25, 0.3) is 0 Å². The van der Waals surface area contributed by atoms with Gasteiger partial charge in [-0.15, -0.1) is 0 Å². The lowest BCUT2D eigenvalue weighted by atomic mass is 10.2. The van der Waals surface area contributed by atoms with Gasteiger partial charge in [-0.05, 0) is 49.4 Å². The Labute approximate surface area is 158 Å². The largest absolute Gasteiger partial charge is 0.497 e. The summed E-state index contributed by atoms with van der Waals surface area (Å²) in [4.78, 5) is 5.37. The Kier molecular flexibility index (Phi) is 6.00. The molecule has 1 N–H and O–H groups in total. The molecule has 2 aromatic rings. The molecule has 1 heterocycles. The van der Waals surface area contributed by atoms with Crippen LogP contribution in [0.5, 0.6) is 5.75 Å². The van der Waals surface area contributed by atoms with Crippen LogP contribution in [-0.2, 0) is 0 Å². The fourth-order valence-corrected chi connectivity index (χ4v) is 3.97. The molecular weight excluding hydrogens is 348 g/mol. The summed E-state index contributed by atoms with van der Waals surface area (Å²) in [6.45, 7) is 3.70. The molecule has 7 heteroatoms. The number of methoxy groups -OCH3 is 1. The zero-order valence-electron chi connectivity index (χ0n) is 15.3. The number of rotatable bonds is 7. The van der Waals surface area contributed by atoms with E-state index in [1.165, 1.54) is 0 Å². The zero-order chi connectivity index (χ0) is 18.5. The molecule has 0 aliphatic carbocycles. The van der Waals surface area contributed by atoms with Crippen LogP contribution >= 0.6 is 11.8 Å². The van der Waals surface area contributed by atoms with Crippen LogP contribution in [0, 0.1) is 0 Å². The lowest BCUT2D eigenvalue weighted by Crippen LogP contribution is -2.25. The predicted octanol–water partition coefficient (Wildman–Crippen LogP) is 4.12. The summed E-state index contributed by atoms with van der Waals surface area (Å²) in [5.74, 6) is 0.848. The molecule has 6 nitrogen and oxygen atoms in total. The summed E-state index contributed by atoms with van der Waals surface area (Å²) >= 11 is 1.66. The standard InChI is InChI=1S/C19H24N4O2S/c1-4-23(11-12-24)15-7-5-14(6-8-15)20-21-19-22(2)17-10-9-16(25-3)13-18(17)26-19/h5-10,13,19,24H,4,11-12H2,1-3H3. The van der Waals surface area contributed by atoms with Crippen LogP contribution in [-0.4, -0.2) is 44.5 Å². The van der Waals surface area contributed by atoms with Crippen LogP contribution in [0.2, 0.25) is 0 Å². The molecule has 1 aliphatic heterocycles. The van der Waals surface area contributed by atoms with Crippen molar-refractivity contribution in [2.24, 2.45) is 10.2 Å². The maximum atomic E-state index is 9.13. The van der Waals surface area contributed by atoms with Crippen molar-refractivity contribution in [2.45, 2.75) is 17.3 Å². The first-order valence-electron chi connectivity index (χ1n) is 8.60. The molecule has 2 aromatic carbocycles. The van der Waals surface area contributed by atoms with Crippen LogP contribution in [0.4, 0.5) is 17.1 Å². The van der Waals surface area contributed by atoms with Gasteiger partial charge in [0, 0.05) is 30.7 Å². The molecule has 3 rings (SSSR count). The van der Waals surface area contributed by atoms with E-state index < -0.39 is 0 Å². The van der Waals surface area contributed by atoms with Gasteiger partial charge in [0.05, 0.1) is 25.1 Å². The average molecular weight is 372 g/mol. The lowest BCUT2D eigenvalue weighted by Gasteiger charge is -2.21. The summed E-state index contributed by atoms with van der Waals surface area (Å²) in [6, 6.07) is 14.0. The van der Waals surface area contributed by atoms with Gasteiger partial charge in [0.2, 0.25) is 0 Å². The monoisotopic (exact) mass is 372 g/mol. The smallest absolute Gasteiger partial charge is 0.194 e. The van der Waals surface area contributed by atoms with Gasteiger partial charge >= 0.3 is 0 Å². The van der Waals surface area contributed by atoms with E-state index in [2.05, 4.69) is 27.0 Å². The van der Waals surface area contributed by atoms with Crippen LogP contribution in [0.15, 0.2) is 57.6 Å². The average Bonchev–Trinajstić information content (AvgIpc) is 3.00. The lowest BCUT2D eigenvalue weighted by molar-refractivity contribution is 0.302. The molecule has 0 bridgehead atoms. The Morgan fingerprint density at radius 3 is 2.65 bits per heavy atom. The molecule has 0 aromatic heterocycles. The van der Waals surface area contributed by atoms with Gasteiger partial charge in [0.1, 0.15) is 5.75 Å². The Balaban J connectivity index is 1.68. The number of hydrogen-bond acceptors (Lipinski definition) is 7. The van der Waals surface area contributed by atoms with Crippen molar-refractivity contribution in [2.75, 3.05) is 43.7 Å². The third kappa shape index (κ3) is 3.94. The number of nitrogens with zero attached hydrogens (tertiary/aromatic N) is 4. The first kappa shape index (κ1) is 18.5. The van der Waals surface area contributed by atoms with Crippen LogP contribution < -0.4 is 14.5 Å². The molecule has 138 valence electrons. The Morgan fingerprint density at radius 1 is 1.23 bits per heavy atom.